The van der Waals surface area contributed by atoms with E-state index in [4.69, 9.17) is 11.0 Å². The van der Waals surface area contributed by atoms with Crippen LogP contribution in [0.4, 0.5) is 0 Å². The van der Waals surface area contributed by atoms with E-state index >= 15 is 0 Å². The van der Waals surface area contributed by atoms with Crippen LogP contribution in [0.1, 0.15) is 37.3 Å². The van der Waals surface area contributed by atoms with Gasteiger partial charge in [0, 0.05) is 39.3 Å². The van der Waals surface area contributed by atoms with E-state index in [0.717, 1.165) is 52.0 Å². The molecular weight excluding hydrogens is 366 g/mol. The molecule has 1 aromatic rings. The maximum atomic E-state index is 13.0. The maximum Gasteiger partial charge on any atom is 0.239 e. The number of carbonyl (C=O) groups excluding carboxylic acids is 2. The van der Waals surface area contributed by atoms with Gasteiger partial charge in [-0.2, -0.15) is 5.26 Å². The van der Waals surface area contributed by atoms with Gasteiger partial charge in [-0.05, 0) is 50.4 Å². The van der Waals surface area contributed by atoms with Gasteiger partial charge in [0.05, 0.1) is 23.6 Å². The Balaban J connectivity index is 1.53. The SMILES string of the molecule is CC(C(=O)N1CCCC(C(N)=O)C1)N1CCCN(Cc2ccc(C#N)cc2)CC1. The van der Waals surface area contributed by atoms with Gasteiger partial charge >= 0.3 is 0 Å². The summed E-state index contributed by atoms with van der Waals surface area (Å²) in [7, 11) is 0. The van der Waals surface area contributed by atoms with E-state index in [1.807, 2.05) is 36.1 Å². The predicted molar refractivity (Wildman–Crippen MR) is 111 cm³/mol. The van der Waals surface area contributed by atoms with Gasteiger partial charge in [-0.1, -0.05) is 12.1 Å². The Morgan fingerprint density at radius 1 is 1.14 bits per heavy atom. The van der Waals surface area contributed by atoms with Gasteiger partial charge in [0.25, 0.3) is 0 Å². The summed E-state index contributed by atoms with van der Waals surface area (Å²) >= 11 is 0. The monoisotopic (exact) mass is 397 g/mol. The molecule has 2 fully saturated rings. The molecule has 2 unspecified atom stereocenters. The lowest BCUT2D eigenvalue weighted by atomic mass is 9.97. The number of hydrogen-bond acceptors (Lipinski definition) is 5. The zero-order chi connectivity index (χ0) is 20.8. The second kappa shape index (κ2) is 9.86. The third-order valence-electron chi connectivity index (χ3n) is 6.15. The number of nitrogens with zero attached hydrogens (tertiary/aromatic N) is 4. The molecule has 1 aromatic carbocycles. The Hall–Kier alpha value is -2.43. The molecule has 2 amide bonds. The average Bonchev–Trinajstić information content (AvgIpc) is 2.99. The van der Waals surface area contributed by atoms with Crippen LogP contribution >= 0.6 is 0 Å². The third-order valence-corrected chi connectivity index (χ3v) is 6.15. The van der Waals surface area contributed by atoms with Gasteiger partial charge < -0.3 is 10.6 Å². The van der Waals surface area contributed by atoms with E-state index in [0.29, 0.717) is 18.7 Å². The summed E-state index contributed by atoms with van der Waals surface area (Å²) in [6.07, 6.45) is 2.63. The van der Waals surface area contributed by atoms with Crippen molar-refractivity contribution < 1.29 is 9.59 Å². The fourth-order valence-electron chi connectivity index (χ4n) is 4.31. The first-order valence-corrected chi connectivity index (χ1v) is 10.5. The van der Waals surface area contributed by atoms with E-state index < -0.39 is 0 Å². The second-order valence-electron chi connectivity index (χ2n) is 8.18. The number of nitriles is 1. The van der Waals surface area contributed by atoms with Crippen molar-refractivity contribution in [2.45, 2.75) is 38.8 Å². The molecule has 7 heteroatoms. The van der Waals surface area contributed by atoms with Crippen molar-refractivity contribution in [2.24, 2.45) is 11.7 Å². The minimum absolute atomic E-state index is 0.108. The van der Waals surface area contributed by atoms with Gasteiger partial charge in [0.2, 0.25) is 11.8 Å². The fourth-order valence-corrected chi connectivity index (χ4v) is 4.31. The normalized spacial score (nSPS) is 22.5. The number of piperidine rings is 1. The highest BCUT2D eigenvalue weighted by Crippen LogP contribution is 2.19. The lowest BCUT2D eigenvalue weighted by Gasteiger charge is -2.36. The molecule has 3 rings (SSSR count). The number of primary amides is 1. The molecule has 0 radical (unpaired) electrons. The number of likely N-dealkylation sites (tertiary alicyclic amines) is 1. The summed E-state index contributed by atoms with van der Waals surface area (Å²) in [4.78, 5) is 31.0. The molecule has 156 valence electrons. The molecule has 2 aliphatic rings. The van der Waals surface area contributed by atoms with Crippen molar-refractivity contribution in [1.29, 1.82) is 5.26 Å². The predicted octanol–water partition coefficient (Wildman–Crippen LogP) is 1.18. The van der Waals surface area contributed by atoms with E-state index in [1.54, 1.807) is 0 Å². The third kappa shape index (κ3) is 5.55. The van der Waals surface area contributed by atoms with Crippen molar-refractivity contribution >= 4 is 11.8 Å². The number of hydrogen-bond donors (Lipinski definition) is 1. The molecule has 2 aliphatic heterocycles. The number of rotatable bonds is 5. The standard InChI is InChI=1S/C22H31N5O2/c1-17(22(29)27-10-2-4-20(16-27)21(24)28)26-11-3-9-25(12-13-26)15-19-7-5-18(14-23)6-8-19/h5-8,17,20H,2-4,9-13,15-16H2,1H3,(H2,24,28). The zero-order valence-electron chi connectivity index (χ0n) is 17.2. The van der Waals surface area contributed by atoms with E-state index in [1.165, 1.54) is 5.56 Å². The van der Waals surface area contributed by atoms with Gasteiger partial charge in [-0.15, -0.1) is 0 Å². The minimum Gasteiger partial charge on any atom is -0.369 e. The van der Waals surface area contributed by atoms with Crippen molar-refractivity contribution in [1.82, 2.24) is 14.7 Å². The second-order valence-corrected chi connectivity index (χ2v) is 8.18. The first kappa shape index (κ1) is 21.3. The summed E-state index contributed by atoms with van der Waals surface area (Å²) in [5.74, 6) is -0.410. The highest BCUT2D eigenvalue weighted by Gasteiger charge is 2.32. The van der Waals surface area contributed by atoms with Gasteiger partial charge in [0.15, 0.2) is 0 Å². The molecule has 2 atom stereocenters. The molecule has 2 heterocycles. The summed E-state index contributed by atoms with van der Waals surface area (Å²) in [6.45, 7) is 7.64. The number of benzene rings is 1. The Morgan fingerprint density at radius 3 is 2.59 bits per heavy atom. The van der Waals surface area contributed by atoms with Crippen LogP contribution in [0, 0.1) is 17.2 Å². The van der Waals surface area contributed by atoms with Crippen LogP contribution in [0.5, 0.6) is 0 Å². The Bertz CT molecular complexity index is 757. The van der Waals surface area contributed by atoms with Gasteiger partial charge in [-0.25, -0.2) is 0 Å². The number of nitrogens with two attached hydrogens (primary N) is 1. The average molecular weight is 398 g/mol. The van der Waals surface area contributed by atoms with E-state index in [2.05, 4.69) is 15.9 Å². The smallest absolute Gasteiger partial charge is 0.239 e. The van der Waals surface area contributed by atoms with E-state index in [9.17, 15) is 9.59 Å². The maximum absolute atomic E-state index is 13.0. The number of amides is 2. The highest BCUT2D eigenvalue weighted by atomic mass is 16.2. The van der Waals surface area contributed by atoms with Crippen molar-refractivity contribution in [3.8, 4) is 6.07 Å². The van der Waals surface area contributed by atoms with Crippen LogP contribution in [0.25, 0.3) is 0 Å². The molecule has 29 heavy (non-hydrogen) atoms. The molecule has 2 N–H and O–H groups in total. The molecule has 0 aliphatic carbocycles. The van der Waals surface area contributed by atoms with Crippen LogP contribution < -0.4 is 5.73 Å². The van der Waals surface area contributed by atoms with Crippen molar-refractivity contribution in [2.75, 3.05) is 39.3 Å². The summed E-state index contributed by atoms with van der Waals surface area (Å²) in [5.41, 5.74) is 7.34. The molecule has 0 bridgehead atoms. The zero-order valence-corrected chi connectivity index (χ0v) is 17.2. The van der Waals surface area contributed by atoms with E-state index in [-0.39, 0.29) is 23.8 Å². The van der Waals surface area contributed by atoms with Crippen molar-refractivity contribution in [3.63, 3.8) is 0 Å². The summed E-state index contributed by atoms with van der Waals surface area (Å²) in [6, 6.07) is 9.71. The first-order chi connectivity index (χ1) is 14.0. The van der Waals surface area contributed by atoms with Crippen LogP contribution in [-0.2, 0) is 16.1 Å². The summed E-state index contributed by atoms with van der Waals surface area (Å²) < 4.78 is 0. The Labute approximate surface area is 173 Å². The topological polar surface area (TPSA) is 93.7 Å². The lowest BCUT2D eigenvalue weighted by Crippen LogP contribution is -2.52. The summed E-state index contributed by atoms with van der Waals surface area (Å²) in [5, 5.41) is 8.93. The molecule has 0 spiro atoms. The van der Waals surface area contributed by atoms with Gasteiger partial charge in [0.1, 0.15) is 0 Å². The van der Waals surface area contributed by atoms with Crippen LogP contribution in [0.3, 0.4) is 0 Å². The van der Waals surface area contributed by atoms with Crippen LogP contribution in [0.15, 0.2) is 24.3 Å². The number of carbonyl (C=O) groups is 2. The largest absolute Gasteiger partial charge is 0.369 e. The molecular formula is C22H31N5O2. The van der Waals surface area contributed by atoms with Gasteiger partial charge in [-0.3, -0.25) is 19.4 Å². The molecule has 0 saturated carbocycles. The molecule has 0 aromatic heterocycles. The van der Waals surface area contributed by atoms with Crippen LogP contribution in [0.2, 0.25) is 0 Å². The first-order valence-electron chi connectivity index (χ1n) is 10.5. The molecule has 7 nitrogen and oxygen atoms in total. The highest BCUT2D eigenvalue weighted by molar-refractivity contribution is 5.83. The minimum atomic E-state index is -0.302. The Kier molecular flexibility index (Phi) is 7.24. The Morgan fingerprint density at radius 2 is 1.90 bits per heavy atom. The molecule has 2 saturated heterocycles. The van der Waals surface area contributed by atoms with Crippen molar-refractivity contribution in [3.05, 3.63) is 35.4 Å². The fraction of sp³-hybridized carbons (Fsp3) is 0.591. The lowest BCUT2D eigenvalue weighted by molar-refractivity contribution is -0.139. The quantitative estimate of drug-likeness (QED) is 0.805. The van der Waals surface area contributed by atoms with Crippen LogP contribution in [-0.4, -0.2) is 71.8 Å².